The van der Waals surface area contributed by atoms with Crippen LogP contribution in [0.25, 0.3) is 6.08 Å². The Morgan fingerprint density at radius 1 is 1.03 bits per heavy atom. The molecule has 5 heteroatoms. The number of nitrogens with zero attached hydrogens (tertiary/aromatic N) is 2. The molecule has 5 nitrogen and oxygen atoms in total. The highest BCUT2D eigenvalue weighted by Crippen LogP contribution is 2.50. The van der Waals surface area contributed by atoms with Crippen LogP contribution in [0.4, 0.5) is 11.4 Å². The monoisotopic (exact) mass is 466 g/mol. The predicted molar refractivity (Wildman–Crippen MR) is 139 cm³/mol. The SMILES string of the molecule is Cc1ccc(C(NC(=O)C2(c3ccc4c(c3)C=C[N]4)CC2)c2ccc(C)o2)c(N2CCCCC2)c1. The van der Waals surface area contributed by atoms with E-state index in [1.807, 2.05) is 37.4 Å². The minimum Gasteiger partial charge on any atom is -0.464 e. The molecule has 3 heterocycles. The minimum atomic E-state index is -0.485. The molecular formula is C30H32N3O2. The average Bonchev–Trinajstić information content (AvgIpc) is 3.36. The number of furan rings is 1. The van der Waals surface area contributed by atoms with Gasteiger partial charge in [0, 0.05) is 36.1 Å². The quantitative estimate of drug-likeness (QED) is 0.481. The van der Waals surface area contributed by atoms with E-state index >= 15 is 0 Å². The smallest absolute Gasteiger partial charge is 0.231 e. The summed E-state index contributed by atoms with van der Waals surface area (Å²) in [6, 6.07) is 16.4. The van der Waals surface area contributed by atoms with Gasteiger partial charge in [-0.15, -0.1) is 0 Å². The Morgan fingerprint density at radius 3 is 2.60 bits per heavy atom. The van der Waals surface area contributed by atoms with E-state index in [2.05, 4.69) is 52.8 Å². The Bertz CT molecular complexity index is 1290. The number of carbonyl (C=O) groups is 1. The maximum absolute atomic E-state index is 13.9. The van der Waals surface area contributed by atoms with E-state index in [4.69, 9.17) is 4.42 Å². The third-order valence-corrected chi connectivity index (χ3v) is 7.75. The molecule has 1 amide bonds. The topological polar surface area (TPSA) is 59.6 Å². The highest BCUT2D eigenvalue weighted by atomic mass is 16.3. The molecule has 3 aliphatic rings. The molecule has 2 aromatic carbocycles. The summed E-state index contributed by atoms with van der Waals surface area (Å²) < 4.78 is 6.12. The fourth-order valence-electron chi connectivity index (χ4n) is 5.56. The number of aryl methyl sites for hydroxylation is 2. The second-order valence-electron chi connectivity index (χ2n) is 10.3. The number of nitrogens with one attached hydrogen (secondary N) is 1. The lowest BCUT2D eigenvalue weighted by atomic mass is 9.91. The number of hydrogen-bond donors (Lipinski definition) is 1. The van der Waals surface area contributed by atoms with Gasteiger partial charge < -0.3 is 14.6 Å². The number of hydrogen-bond acceptors (Lipinski definition) is 3. The molecule has 1 unspecified atom stereocenters. The summed E-state index contributed by atoms with van der Waals surface area (Å²) in [4.78, 5) is 16.4. The number of carbonyl (C=O) groups excluding carboxylic acids is 1. The Morgan fingerprint density at radius 2 is 1.86 bits per heavy atom. The van der Waals surface area contributed by atoms with Gasteiger partial charge >= 0.3 is 0 Å². The van der Waals surface area contributed by atoms with Gasteiger partial charge in [-0.1, -0.05) is 18.2 Å². The van der Waals surface area contributed by atoms with Crippen molar-refractivity contribution >= 4 is 23.4 Å². The van der Waals surface area contributed by atoms with Gasteiger partial charge in [-0.3, -0.25) is 10.1 Å². The summed E-state index contributed by atoms with van der Waals surface area (Å²) in [6.45, 7) is 6.18. The third-order valence-electron chi connectivity index (χ3n) is 7.75. The fraction of sp³-hybridized carbons (Fsp3) is 0.367. The van der Waals surface area contributed by atoms with Crippen molar-refractivity contribution in [2.75, 3.05) is 18.0 Å². The van der Waals surface area contributed by atoms with Crippen molar-refractivity contribution in [2.24, 2.45) is 0 Å². The fourth-order valence-corrected chi connectivity index (χ4v) is 5.56. The molecule has 35 heavy (non-hydrogen) atoms. The van der Waals surface area contributed by atoms with Crippen LogP contribution in [0.5, 0.6) is 0 Å². The molecule has 0 bridgehead atoms. The lowest BCUT2D eigenvalue weighted by Crippen LogP contribution is -2.39. The molecular weight excluding hydrogens is 434 g/mol. The van der Waals surface area contributed by atoms with Crippen LogP contribution in [0, 0.1) is 13.8 Å². The first-order valence-corrected chi connectivity index (χ1v) is 12.8. The molecule has 179 valence electrons. The summed E-state index contributed by atoms with van der Waals surface area (Å²) in [5, 5.41) is 7.81. The van der Waals surface area contributed by atoms with Gasteiger partial charge in [0.05, 0.1) is 11.1 Å². The van der Waals surface area contributed by atoms with E-state index in [1.54, 1.807) is 0 Å². The summed E-state index contributed by atoms with van der Waals surface area (Å²) in [5.74, 6) is 1.70. The lowest BCUT2D eigenvalue weighted by molar-refractivity contribution is -0.124. The molecule has 1 aliphatic carbocycles. The highest BCUT2D eigenvalue weighted by molar-refractivity contribution is 5.92. The Kier molecular flexibility index (Phi) is 5.43. The summed E-state index contributed by atoms with van der Waals surface area (Å²) in [5.41, 5.74) is 6.19. The van der Waals surface area contributed by atoms with Gasteiger partial charge in [-0.05, 0) is 93.5 Å². The van der Waals surface area contributed by atoms with E-state index in [9.17, 15) is 4.79 Å². The lowest BCUT2D eigenvalue weighted by Gasteiger charge is -2.33. The first-order chi connectivity index (χ1) is 17.0. The first-order valence-electron chi connectivity index (χ1n) is 12.8. The molecule has 1 saturated carbocycles. The number of amides is 1. The van der Waals surface area contributed by atoms with Crippen LogP contribution < -0.4 is 15.5 Å². The number of benzene rings is 2. The molecule has 1 atom stereocenters. The minimum absolute atomic E-state index is 0.0700. The molecule has 6 rings (SSSR count). The van der Waals surface area contributed by atoms with E-state index in [0.29, 0.717) is 0 Å². The van der Waals surface area contributed by atoms with Crippen molar-refractivity contribution in [1.82, 2.24) is 10.6 Å². The van der Waals surface area contributed by atoms with Gasteiger partial charge in [-0.25, -0.2) is 0 Å². The van der Waals surface area contributed by atoms with Crippen LogP contribution in [0.2, 0.25) is 0 Å². The summed E-state index contributed by atoms with van der Waals surface area (Å²) in [7, 11) is 0. The molecule has 2 aliphatic heterocycles. The molecule has 1 aromatic heterocycles. The van der Waals surface area contributed by atoms with Crippen molar-refractivity contribution in [3.8, 4) is 0 Å². The second kappa shape index (κ2) is 8.63. The standard InChI is InChI=1S/C30H32N3O2/c1-20-6-9-24(26(18-20)33-16-4-3-5-17-33)28(27-11-7-21(2)35-27)32-29(34)30(13-14-30)23-8-10-25-22(19-23)12-15-31-25/h6-12,15,18-19,28H,3-5,13-14,16-17H2,1-2H3,(H,32,34). The molecule has 1 radical (unpaired) electrons. The Hall–Kier alpha value is -3.47. The third kappa shape index (κ3) is 4.03. The number of piperidine rings is 1. The van der Waals surface area contributed by atoms with Gasteiger partial charge in [0.25, 0.3) is 0 Å². The van der Waals surface area contributed by atoms with Crippen molar-refractivity contribution in [3.05, 3.63) is 88.5 Å². The van der Waals surface area contributed by atoms with Crippen molar-refractivity contribution < 1.29 is 9.21 Å². The van der Waals surface area contributed by atoms with Crippen LogP contribution in [-0.4, -0.2) is 19.0 Å². The van der Waals surface area contributed by atoms with Crippen molar-refractivity contribution in [2.45, 2.75) is 57.4 Å². The molecule has 1 N–H and O–H groups in total. The zero-order chi connectivity index (χ0) is 24.0. The molecule has 2 fully saturated rings. The van der Waals surface area contributed by atoms with E-state index < -0.39 is 5.41 Å². The van der Waals surface area contributed by atoms with Crippen LogP contribution in [0.15, 0.2) is 59.1 Å². The largest absolute Gasteiger partial charge is 0.464 e. The maximum atomic E-state index is 13.9. The normalized spacial score (nSPS) is 18.6. The van der Waals surface area contributed by atoms with E-state index in [0.717, 1.165) is 59.8 Å². The van der Waals surface area contributed by atoms with Crippen LogP contribution in [-0.2, 0) is 10.2 Å². The van der Waals surface area contributed by atoms with Crippen molar-refractivity contribution in [1.29, 1.82) is 0 Å². The van der Waals surface area contributed by atoms with Gasteiger partial charge in [0.15, 0.2) is 0 Å². The number of rotatable bonds is 6. The van der Waals surface area contributed by atoms with Crippen molar-refractivity contribution in [3.63, 3.8) is 0 Å². The molecule has 3 aromatic rings. The number of anilines is 1. The second-order valence-corrected chi connectivity index (χ2v) is 10.3. The Balaban J connectivity index is 1.36. The zero-order valence-electron chi connectivity index (χ0n) is 20.5. The highest BCUT2D eigenvalue weighted by Gasteiger charge is 2.52. The average molecular weight is 467 g/mol. The predicted octanol–water partition coefficient (Wildman–Crippen LogP) is 6.04. The van der Waals surface area contributed by atoms with E-state index in [-0.39, 0.29) is 11.9 Å². The van der Waals surface area contributed by atoms with Crippen LogP contribution in [0.3, 0.4) is 0 Å². The summed E-state index contributed by atoms with van der Waals surface area (Å²) in [6.07, 6.45) is 9.23. The zero-order valence-corrected chi connectivity index (χ0v) is 20.5. The molecule has 1 saturated heterocycles. The summed E-state index contributed by atoms with van der Waals surface area (Å²) >= 11 is 0. The first kappa shape index (κ1) is 22.0. The molecule has 0 spiro atoms. The van der Waals surface area contributed by atoms with Gasteiger partial charge in [0.1, 0.15) is 17.6 Å². The van der Waals surface area contributed by atoms with Gasteiger partial charge in [0.2, 0.25) is 5.91 Å². The Labute approximate surface area is 207 Å². The maximum Gasteiger partial charge on any atom is 0.231 e. The number of fused-ring (bicyclic) bond motifs is 1. The van der Waals surface area contributed by atoms with Crippen LogP contribution >= 0.6 is 0 Å². The van der Waals surface area contributed by atoms with E-state index in [1.165, 1.54) is 30.5 Å². The van der Waals surface area contributed by atoms with Crippen LogP contribution in [0.1, 0.15) is 71.9 Å². The van der Waals surface area contributed by atoms with Gasteiger partial charge in [-0.2, -0.15) is 0 Å².